The smallest absolute Gasteiger partial charge is 0.348 e. The van der Waals surface area contributed by atoms with Crippen LogP contribution in [0.4, 0.5) is 0 Å². The molecule has 0 unspecified atom stereocenters. The maximum Gasteiger partial charge on any atom is 0.348 e. The van der Waals surface area contributed by atoms with E-state index in [0.29, 0.717) is 46.0 Å². The Morgan fingerprint density at radius 2 is 1.65 bits per heavy atom. The van der Waals surface area contributed by atoms with Crippen molar-refractivity contribution in [2.24, 2.45) is 0 Å². The number of hydrogen-bond donors (Lipinski definition) is 0. The van der Waals surface area contributed by atoms with Gasteiger partial charge in [-0.15, -0.1) is 11.3 Å². The number of thiophene rings is 1. The molecule has 0 fully saturated rings. The van der Waals surface area contributed by atoms with E-state index in [-0.39, 0.29) is 18.8 Å². The minimum absolute atomic E-state index is 0.111. The molecule has 0 atom stereocenters. The normalized spacial score (nSPS) is 10.9. The molecule has 2 aromatic carbocycles. The third-order valence-corrected chi connectivity index (χ3v) is 6.44. The molecule has 0 bridgehead atoms. The first kappa shape index (κ1) is 23.5. The van der Waals surface area contributed by atoms with Crippen LogP contribution < -0.4 is 15.0 Å². The number of aromatic nitrogens is 2. The highest BCUT2D eigenvalue weighted by Gasteiger charge is 2.20. The van der Waals surface area contributed by atoms with Crippen LogP contribution in [0.2, 0.25) is 0 Å². The van der Waals surface area contributed by atoms with E-state index in [2.05, 4.69) is 4.98 Å². The summed E-state index contributed by atoms with van der Waals surface area (Å²) >= 11 is 1.17. The van der Waals surface area contributed by atoms with Gasteiger partial charge in [-0.1, -0.05) is 35.9 Å². The van der Waals surface area contributed by atoms with E-state index < -0.39 is 5.97 Å². The van der Waals surface area contributed by atoms with Gasteiger partial charge in [0.15, 0.2) is 0 Å². The molecule has 4 aromatic rings. The molecule has 2 heterocycles. The van der Waals surface area contributed by atoms with Crippen molar-refractivity contribution in [3.8, 4) is 11.5 Å². The van der Waals surface area contributed by atoms with Gasteiger partial charge in [0.1, 0.15) is 34.4 Å². The lowest BCUT2D eigenvalue weighted by Crippen LogP contribution is -2.21. The standard InChI is InChI=1S/C26H26N2O5S/c1-18-9-11-21(12-10-18)31-14-6-13-28-17-27-24-22(25(28)29)19(2)23(34-24)26(30)33-16-15-32-20-7-4-3-5-8-20/h3-5,7-12,17H,6,13-16H2,1-2H3. The lowest BCUT2D eigenvalue weighted by Gasteiger charge is -2.08. The van der Waals surface area contributed by atoms with Crippen molar-refractivity contribution in [1.29, 1.82) is 0 Å². The van der Waals surface area contributed by atoms with Gasteiger partial charge in [0.2, 0.25) is 0 Å². The summed E-state index contributed by atoms with van der Waals surface area (Å²) in [4.78, 5) is 30.9. The number of para-hydroxylation sites is 1. The van der Waals surface area contributed by atoms with Crippen molar-refractivity contribution in [2.45, 2.75) is 26.8 Å². The molecular formula is C26H26N2O5S. The molecule has 2 aromatic heterocycles. The van der Waals surface area contributed by atoms with Gasteiger partial charge in [0, 0.05) is 6.54 Å². The molecule has 0 saturated heterocycles. The van der Waals surface area contributed by atoms with E-state index in [1.54, 1.807) is 11.5 Å². The van der Waals surface area contributed by atoms with Crippen LogP contribution in [0, 0.1) is 13.8 Å². The van der Waals surface area contributed by atoms with Gasteiger partial charge in [-0.3, -0.25) is 9.36 Å². The fourth-order valence-corrected chi connectivity index (χ4v) is 4.48. The minimum atomic E-state index is -0.477. The van der Waals surface area contributed by atoms with E-state index in [0.717, 1.165) is 5.75 Å². The van der Waals surface area contributed by atoms with Gasteiger partial charge < -0.3 is 14.2 Å². The zero-order valence-electron chi connectivity index (χ0n) is 19.2. The quantitative estimate of drug-likeness (QED) is 0.241. The first-order chi connectivity index (χ1) is 16.5. The maximum atomic E-state index is 13.0. The number of rotatable bonds is 10. The zero-order chi connectivity index (χ0) is 23.9. The molecule has 0 spiro atoms. The van der Waals surface area contributed by atoms with Crippen LogP contribution in [0.1, 0.15) is 27.2 Å². The molecule has 176 valence electrons. The van der Waals surface area contributed by atoms with E-state index in [1.165, 1.54) is 23.2 Å². The molecule has 7 nitrogen and oxygen atoms in total. The fourth-order valence-electron chi connectivity index (χ4n) is 3.45. The number of nitrogens with zero attached hydrogens (tertiary/aromatic N) is 2. The Hall–Kier alpha value is -3.65. The number of fused-ring (bicyclic) bond motifs is 1. The molecule has 0 saturated carbocycles. The van der Waals surface area contributed by atoms with E-state index >= 15 is 0 Å². The van der Waals surface area contributed by atoms with Crippen LogP contribution in [0.5, 0.6) is 11.5 Å². The molecule has 8 heteroatoms. The van der Waals surface area contributed by atoms with Crippen LogP contribution in [0.15, 0.2) is 65.7 Å². The first-order valence-electron chi connectivity index (χ1n) is 11.1. The summed E-state index contributed by atoms with van der Waals surface area (Å²) in [7, 11) is 0. The van der Waals surface area contributed by atoms with Gasteiger partial charge in [0.25, 0.3) is 5.56 Å². The van der Waals surface area contributed by atoms with Gasteiger partial charge in [-0.2, -0.15) is 0 Å². The first-order valence-corrected chi connectivity index (χ1v) is 11.9. The van der Waals surface area contributed by atoms with Crippen molar-refractivity contribution in [3.63, 3.8) is 0 Å². The van der Waals surface area contributed by atoms with Gasteiger partial charge in [0.05, 0.1) is 18.3 Å². The highest BCUT2D eigenvalue weighted by Crippen LogP contribution is 2.27. The summed E-state index contributed by atoms with van der Waals surface area (Å²) < 4.78 is 18.2. The Labute approximate surface area is 201 Å². The molecule has 4 rings (SSSR count). The number of carbonyl (C=O) groups is 1. The van der Waals surface area contributed by atoms with Crippen molar-refractivity contribution < 1.29 is 19.0 Å². The Balaban J connectivity index is 1.34. The summed E-state index contributed by atoms with van der Waals surface area (Å²) in [5.41, 5.74) is 1.60. The number of ether oxygens (including phenoxy) is 3. The van der Waals surface area contributed by atoms with Crippen LogP contribution >= 0.6 is 11.3 Å². The Morgan fingerprint density at radius 3 is 2.41 bits per heavy atom. The predicted octanol–water partition coefficient (Wildman–Crippen LogP) is 4.78. The Kier molecular flexibility index (Phi) is 7.59. The summed E-state index contributed by atoms with van der Waals surface area (Å²) in [5.74, 6) is 1.04. The molecule has 34 heavy (non-hydrogen) atoms. The second-order valence-electron chi connectivity index (χ2n) is 7.79. The average Bonchev–Trinajstić information content (AvgIpc) is 3.19. The highest BCUT2D eigenvalue weighted by molar-refractivity contribution is 7.20. The average molecular weight is 479 g/mol. The lowest BCUT2D eigenvalue weighted by atomic mass is 10.2. The van der Waals surface area contributed by atoms with Crippen molar-refractivity contribution >= 4 is 27.5 Å². The SMILES string of the molecule is Cc1ccc(OCCCn2cnc3sc(C(=O)OCCOc4ccccc4)c(C)c3c2=O)cc1. The van der Waals surface area contributed by atoms with Crippen molar-refractivity contribution in [1.82, 2.24) is 9.55 Å². The predicted molar refractivity (Wildman–Crippen MR) is 132 cm³/mol. The van der Waals surface area contributed by atoms with Gasteiger partial charge in [-0.25, -0.2) is 9.78 Å². The Morgan fingerprint density at radius 1 is 0.941 bits per heavy atom. The summed E-state index contributed by atoms with van der Waals surface area (Å²) in [5, 5.41) is 0.458. The molecule has 0 N–H and O–H groups in total. The van der Waals surface area contributed by atoms with E-state index in [9.17, 15) is 9.59 Å². The van der Waals surface area contributed by atoms with Gasteiger partial charge in [-0.05, 0) is 50.1 Å². The number of esters is 1. The molecule has 0 aliphatic heterocycles. The maximum absolute atomic E-state index is 13.0. The third kappa shape index (κ3) is 5.63. The second-order valence-corrected chi connectivity index (χ2v) is 8.79. The molecule has 0 amide bonds. The number of hydrogen-bond acceptors (Lipinski definition) is 7. The van der Waals surface area contributed by atoms with Crippen molar-refractivity contribution in [3.05, 3.63) is 87.3 Å². The number of carbonyl (C=O) groups excluding carboxylic acids is 1. The third-order valence-electron chi connectivity index (χ3n) is 5.26. The number of benzene rings is 2. The van der Waals surface area contributed by atoms with Crippen LogP contribution in [-0.2, 0) is 11.3 Å². The fraction of sp³-hybridized carbons (Fsp3) is 0.269. The monoisotopic (exact) mass is 478 g/mol. The molecule has 0 aliphatic rings. The Bertz CT molecular complexity index is 1310. The number of aryl methyl sites for hydroxylation is 3. The largest absolute Gasteiger partial charge is 0.494 e. The van der Waals surface area contributed by atoms with Crippen molar-refractivity contribution in [2.75, 3.05) is 19.8 Å². The summed E-state index contributed by atoms with van der Waals surface area (Å²) in [6, 6.07) is 17.2. The minimum Gasteiger partial charge on any atom is -0.494 e. The lowest BCUT2D eigenvalue weighted by molar-refractivity contribution is 0.0455. The molecular weight excluding hydrogens is 452 g/mol. The van der Waals surface area contributed by atoms with E-state index in [4.69, 9.17) is 14.2 Å². The second kappa shape index (κ2) is 11.0. The molecule has 0 radical (unpaired) electrons. The summed E-state index contributed by atoms with van der Waals surface area (Å²) in [6.07, 6.45) is 2.18. The zero-order valence-corrected chi connectivity index (χ0v) is 20.0. The topological polar surface area (TPSA) is 79.7 Å². The molecule has 0 aliphatic carbocycles. The van der Waals surface area contributed by atoms with Gasteiger partial charge >= 0.3 is 5.97 Å². The van der Waals surface area contributed by atoms with Crippen LogP contribution in [-0.4, -0.2) is 35.3 Å². The van der Waals surface area contributed by atoms with Crippen LogP contribution in [0.25, 0.3) is 10.2 Å². The van der Waals surface area contributed by atoms with E-state index in [1.807, 2.05) is 61.5 Å². The highest BCUT2D eigenvalue weighted by atomic mass is 32.1. The summed E-state index contributed by atoms with van der Waals surface area (Å²) in [6.45, 7) is 5.09. The van der Waals surface area contributed by atoms with Crippen LogP contribution in [0.3, 0.4) is 0 Å².